The number of esters is 1. The standard InChI is InChI=1S/C18H17ClFNO3/c1-24-17(22)9-10-21(12-14-5-2-3-8-16(14)19)18(23)13-6-4-7-15(20)11-13/h2-8,11H,9-10,12H2,1H3. The molecule has 2 aromatic rings. The normalized spacial score (nSPS) is 10.3. The summed E-state index contributed by atoms with van der Waals surface area (Å²) in [6.45, 7) is 0.360. The van der Waals surface area contributed by atoms with Crippen molar-refractivity contribution in [2.45, 2.75) is 13.0 Å². The number of hydrogen-bond donors (Lipinski definition) is 0. The zero-order valence-corrected chi connectivity index (χ0v) is 13.9. The Balaban J connectivity index is 2.23. The number of methoxy groups -OCH3 is 1. The molecule has 0 aliphatic rings. The summed E-state index contributed by atoms with van der Waals surface area (Å²) in [5.74, 6) is -1.30. The quantitative estimate of drug-likeness (QED) is 0.747. The molecule has 126 valence electrons. The van der Waals surface area contributed by atoms with Crippen LogP contribution in [0.4, 0.5) is 4.39 Å². The lowest BCUT2D eigenvalue weighted by Crippen LogP contribution is -2.33. The Morgan fingerprint density at radius 3 is 2.58 bits per heavy atom. The van der Waals surface area contributed by atoms with Crippen molar-refractivity contribution in [2.75, 3.05) is 13.7 Å². The average molecular weight is 350 g/mol. The molecule has 0 N–H and O–H groups in total. The molecule has 4 nitrogen and oxygen atoms in total. The number of carbonyl (C=O) groups excluding carboxylic acids is 2. The van der Waals surface area contributed by atoms with Crippen LogP contribution in [-0.2, 0) is 16.1 Å². The third-order valence-electron chi connectivity index (χ3n) is 3.49. The van der Waals surface area contributed by atoms with Gasteiger partial charge < -0.3 is 9.64 Å². The summed E-state index contributed by atoms with van der Waals surface area (Å²) < 4.78 is 18.0. The Labute approximate surface area is 144 Å². The Hall–Kier alpha value is -2.40. The fourth-order valence-corrected chi connectivity index (χ4v) is 2.41. The monoisotopic (exact) mass is 349 g/mol. The van der Waals surface area contributed by atoms with Crippen LogP contribution in [0.15, 0.2) is 48.5 Å². The van der Waals surface area contributed by atoms with Crippen LogP contribution in [0.1, 0.15) is 22.3 Å². The largest absolute Gasteiger partial charge is 0.469 e. The minimum atomic E-state index is -0.494. The van der Waals surface area contributed by atoms with E-state index in [1.165, 1.54) is 36.3 Å². The molecule has 6 heteroatoms. The molecule has 2 aromatic carbocycles. The van der Waals surface area contributed by atoms with Gasteiger partial charge in [0.2, 0.25) is 0 Å². The second kappa shape index (κ2) is 8.45. The van der Waals surface area contributed by atoms with Crippen LogP contribution in [0.25, 0.3) is 0 Å². The van der Waals surface area contributed by atoms with Crippen molar-refractivity contribution >= 4 is 23.5 Å². The van der Waals surface area contributed by atoms with Crippen LogP contribution in [0.5, 0.6) is 0 Å². The van der Waals surface area contributed by atoms with Gasteiger partial charge in [-0.2, -0.15) is 0 Å². The second-order valence-electron chi connectivity index (χ2n) is 5.15. The lowest BCUT2D eigenvalue weighted by molar-refractivity contribution is -0.140. The van der Waals surface area contributed by atoms with Crippen molar-refractivity contribution in [3.05, 3.63) is 70.5 Å². The molecule has 0 radical (unpaired) electrons. The molecule has 0 aliphatic carbocycles. The van der Waals surface area contributed by atoms with Gasteiger partial charge in [0, 0.05) is 23.7 Å². The predicted octanol–water partition coefficient (Wildman–Crippen LogP) is 3.68. The molecule has 0 atom stereocenters. The number of ether oxygens (including phenoxy) is 1. The molecule has 0 bridgehead atoms. The summed E-state index contributed by atoms with van der Waals surface area (Å²) in [6, 6.07) is 12.6. The van der Waals surface area contributed by atoms with Crippen LogP contribution in [0, 0.1) is 5.82 Å². The van der Waals surface area contributed by atoms with E-state index in [0.29, 0.717) is 5.02 Å². The van der Waals surface area contributed by atoms with Crippen molar-refractivity contribution in [2.24, 2.45) is 0 Å². The molecule has 0 saturated heterocycles. The van der Waals surface area contributed by atoms with E-state index >= 15 is 0 Å². The second-order valence-corrected chi connectivity index (χ2v) is 5.56. The Morgan fingerprint density at radius 2 is 1.92 bits per heavy atom. The summed E-state index contributed by atoms with van der Waals surface area (Å²) in [6.07, 6.45) is 0.0437. The van der Waals surface area contributed by atoms with E-state index < -0.39 is 11.8 Å². The zero-order chi connectivity index (χ0) is 17.5. The number of nitrogens with zero attached hydrogens (tertiary/aromatic N) is 1. The fourth-order valence-electron chi connectivity index (χ4n) is 2.22. The minimum Gasteiger partial charge on any atom is -0.469 e. The van der Waals surface area contributed by atoms with Crippen molar-refractivity contribution in [1.82, 2.24) is 4.90 Å². The molecule has 0 fully saturated rings. The first-order chi connectivity index (χ1) is 11.5. The van der Waals surface area contributed by atoms with E-state index in [1.807, 2.05) is 6.07 Å². The van der Waals surface area contributed by atoms with E-state index in [1.54, 1.807) is 18.2 Å². The molecule has 0 saturated carbocycles. The maximum Gasteiger partial charge on any atom is 0.307 e. The van der Waals surface area contributed by atoms with Crippen molar-refractivity contribution in [1.29, 1.82) is 0 Å². The molecule has 0 spiro atoms. The highest BCUT2D eigenvalue weighted by Crippen LogP contribution is 2.19. The topological polar surface area (TPSA) is 46.6 Å². The highest BCUT2D eigenvalue weighted by atomic mass is 35.5. The number of benzene rings is 2. The van der Waals surface area contributed by atoms with Crippen LogP contribution in [0.2, 0.25) is 5.02 Å². The number of amides is 1. The summed E-state index contributed by atoms with van der Waals surface area (Å²) >= 11 is 6.14. The van der Waals surface area contributed by atoms with E-state index in [4.69, 9.17) is 11.6 Å². The van der Waals surface area contributed by atoms with Gasteiger partial charge in [-0.25, -0.2) is 4.39 Å². The molecule has 1 amide bonds. The molecule has 0 heterocycles. The van der Waals surface area contributed by atoms with Crippen molar-refractivity contribution < 1.29 is 18.7 Å². The van der Waals surface area contributed by atoms with E-state index in [9.17, 15) is 14.0 Å². The Morgan fingerprint density at radius 1 is 1.17 bits per heavy atom. The molecule has 24 heavy (non-hydrogen) atoms. The number of halogens is 2. The number of hydrogen-bond acceptors (Lipinski definition) is 3. The summed E-state index contributed by atoms with van der Waals surface area (Å²) in [4.78, 5) is 25.5. The first kappa shape index (κ1) is 17.9. The summed E-state index contributed by atoms with van der Waals surface area (Å²) in [5, 5.41) is 0.521. The van der Waals surface area contributed by atoms with Crippen molar-refractivity contribution in [3.8, 4) is 0 Å². The summed E-state index contributed by atoms with van der Waals surface area (Å²) in [7, 11) is 1.29. The summed E-state index contributed by atoms with van der Waals surface area (Å²) in [5.41, 5.74) is 0.959. The lowest BCUT2D eigenvalue weighted by Gasteiger charge is -2.23. The number of rotatable bonds is 6. The van der Waals surface area contributed by atoms with Crippen LogP contribution in [0.3, 0.4) is 0 Å². The Bertz CT molecular complexity index is 736. The lowest BCUT2D eigenvalue weighted by atomic mass is 10.1. The SMILES string of the molecule is COC(=O)CCN(Cc1ccccc1Cl)C(=O)c1cccc(F)c1. The minimum absolute atomic E-state index is 0.0437. The Kier molecular flexibility index (Phi) is 6.32. The molecule has 2 rings (SSSR count). The molecule has 0 unspecified atom stereocenters. The van der Waals surface area contributed by atoms with E-state index in [2.05, 4.69) is 4.74 Å². The van der Waals surface area contributed by atoms with Gasteiger partial charge >= 0.3 is 5.97 Å². The molecule has 0 aromatic heterocycles. The van der Waals surface area contributed by atoms with Gasteiger partial charge in [-0.1, -0.05) is 35.9 Å². The van der Waals surface area contributed by atoms with Gasteiger partial charge in [0.05, 0.1) is 13.5 Å². The van der Waals surface area contributed by atoms with Gasteiger partial charge in [-0.3, -0.25) is 9.59 Å². The third kappa shape index (κ3) is 4.80. The molecule has 0 aliphatic heterocycles. The van der Waals surface area contributed by atoms with E-state index in [-0.39, 0.29) is 31.0 Å². The highest BCUT2D eigenvalue weighted by molar-refractivity contribution is 6.31. The van der Waals surface area contributed by atoms with E-state index in [0.717, 1.165) is 5.56 Å². The first-order valence-electron chi connectivity index (χ1n) is 7.36. The van der Waals surface area contributed by atoms with Gasteiger partial charge in [-0.05, 0) is 29.8 Å². The molecular weight excluding hydrogens is 333 g/mol. The van der Waals surface area contributed by atoms with Crippen LogP contribution < -0.4 is 0 Å². The van der Waals surface area contributed by atoms with Crippen molar-refractivity contribution in [3.63, 3.8) is 0 Å². The smallest absolute Gasteiger partial charge is 0.307 e. The molecular formula is C18H17ClFNO3. The number of carbonyl (C=O) groups is 2. The fraction of sp³-hybridized carbons (Fsp3) is 0.222. The van der Waals surface area contributed by atoms with Gasteiger partial charge in [0.1, 0.15) is 5.82 Å². The third-order valence-corrected chi connectivity index (χ3v) is 3.86. The van der Waals surface area contributed by atoms with Gasteiger partial charge in [0.25, 0.3) is 5.91 Å². The maximum absolute atomic E-state index is 13.4. The van der Waals surface area contributed by atoms with Gasteiger partial charge in [0.15, 0.2) is 0 Å². The maximum atomic E-state index is 13.4. The van der Waals surface area contributed by atoms with Crippen LogP contribution >= 0.6 is 11.6 Å². The highest BCUT2D eigenvalue weighted by Gasteiger charge is 2.19. The average Bonchev–Trinajstić information content (AvgIpc) is 2.59. The predicted molar refractivity (Wildman–Crippen MR) is 89.2 cm³/mol. The van der Waals surface area contributed by atoms with Gasteiger partial charge in [-0.15, -0.1) is 0 Å². The van der Waals surface area contributed by atoms with Crippen LogP contribution in [-0.4, -0.2) is 30.4 Å². The zero-order valence-electron chi connectivity index (χ0n) is 13.2. The first-order valence-corrected chi connectivity index (χ1v) is 7.74.